The van der Waals surface area contributed by atoms with Gasteiger partial charge in [0.05, 0.1) is 23.3 Å². The number of ether oxygens (including phenoxy) is 1. The first-order chi connectivity index (χ1) is 12.5. The van der Waals surface area contributed by atoms with Crippen molar-refractivity contribution in [2.24, 2.45) is 5.11 Å². The number of nitro benzene ring substituents is 1. The van der Waals surface area contributed by atoms with Crippen molar-refractivity contribution >= 4 is 22.4 Å². The number of anilines is 1. The molecule has 14 nitrogen and oxygen atoms in total. The normalized spacial score (nSPS) is 28.5. The molecule has 1 aliphatic heterocycles. The summed E-state index contributed by atoms with van der Waals surface area (Å²) in [6, 6.07) is 1.32. The Hall–Kier alpha value is -3.03. The molecule has 1 fully saturated rings. The molecule has 0 aliphatic carbocycles. The van der Waals surface area contributed by atoms with Crippen LogP contribution in [0, 0.1) is 10.1 Å². The Bertz CT molecular complexity index is 867. The minimum atomic E-state index is -1.48. The molecule has 1 aliphatic rings. The quantitative estimate of drug-likeness (QED) is 0.177. The van der Waals surface area contributed by atoms with Crippen molar-refractivity contribution in [2.75, 3.05) is 11.9 Å². The van der Waals surface area contributed by atoms with E-state index >= 15 is 0 Å². The van der Waals surface area contributed by atoms with Crippen molar-refractivity contribution in [3.05, 3.63) is 32.7 Å². The van der Waals surface area contributed by atoms with E-state index in [-0.39, 0.29) is 22.4 Å². The first kappa shape index (κ1) is 17.8. The second-order valence-corrected chi connectivity index (χ2v) is 5.45. The summed E-state index contributed by atoms with van der Waals surface area (Å²) >= 11 is 0. The molecule has 1 saturated heterocycles. The smallest absolute Gasteiger partial charge is 0.300 e. The number of aromatic nitrogens is 2. The van der Waals surface area contributed by atoms with E-state index in [2.05, 4.69) is 30.3 Å². The molecule has 138 valence electrons. The van der Waals surface area contributed by atoms with Crippen LogP contribution in [0.5, 0.6) is 0 Å². The molecular weight excluding hydrogens is 354 g/mol. The summed E-state index contributed by atoms with van der Waals surface area (Å²) in [4.78, 5) is 13.0. The number of hydrogen-bond acceptors (Lipinski definition) is 11. The van der Waals surface area contributed by atoms with Gasteiger partial charge in [0.25, 0.3) is 0 Å². The van der Waals surface area contributed by atoms with Gasteiger partial charge in [0, 0.05) is 11.0 Å². The zero-order valence-electron chi connectivity index (χ0n) is 12.9. The Morgan fingerprint density at radius 2 is 2.08 bits per heavy atom. The van der Waals surface area contributed by atoms with Gasteiger partial charge >= 0.3 is 5.69 Å². The molecule has 0 saturated carbocycles. The van der Waals surface area contributed by atoms with Gasteiger partial charge in [-0.2, -0.15) is 0 Å². The van der Waals surface area contributed by atoms with E-state index in [4.69, 9.17) is 10.3 Å². The zero-order chi connectivity index (χ0) is 18.8. The Balaban J connectivity index is 1.97. The number of aliphatic hydroxyl groups excluding tert-OH is 3. The molecule has 14 heteroatoms. The SMILES string of the molecule is [N-]=[N+]=N[C@@H]1O[C@H](CO)[C@@H](O)[C@H](O)[C@H]1Nc1ccc([N+](=O)[O-])c2nonc12. The number of azide groups is 1. The van der Waals surface area contributed by atoms with Crippen molar-refractivity contribution < 1.29 is 29.6 Å². The first-order valence-electron chi connectivity index (χ1n) is 7.30. The fourth-order valence-corrected chi connectivity index (χ4v) is 2.70. The fraction of sp³-hybridized carbons (Fsp3) is 0.500. The maximum absolute atomic E-state index is 11.0. The monoisotopic (exact) mass is 367 g/mol. The average molecular weight is 367 g/mol. The summed E-state index contributed by atoms with van der Waals surface area (Å²) in [7, 11) is 0. The molecule has 2 heterocycles. The van der Waals surface area contributed by atoms with Crippen molar-refractivity contribution in [1.82, 2.24) is 10.3 Å². The van der Waals surface area contributed by atoms with Crippen LogP contribution >= 0.6 is 0 Å². The van der Waals surface area contributed by atoms with E-state index in [1.54, 1.807) is 0 Å². The molecule has 1 aromatic heterocycles. The number of benzene rings is 1. The molecule has 0 radical (unpaired) electrons. The van der Waals surface area contributed by atoms with E-state index in [1.165, 1.54) is 6.07 Å². The lowest BCUT2D eigenvalue weighted by Crippen LogP contribution is -2.60. The van der Waals surface area contributed by atoms with Crippen molar-refractivity contribution in [3.8, 4) is 0 Å². The van der Waals surface area contributed by atoms with Crippen molar-refractivity contribution in [1.29, 1.82) is 0 Å². The lowest BCUT2D eigenvalue weighted by atomic mass is 9.96. The second-order valence-electron chi connectivity index (χ2n) is 5.45. The molecule has 1 aromatic carbocycles. The van der Waals surface area contributed by atoms with Gasteiger partial charge < -0.3 is 25.4 Å². The van der Waals surface area contributed by atoms with Crippen LogP contribution in [0.25, 0.3) is 21.5 Å². The number of aliphatic hydroxyl groups is 3. The number of hydrogen-bond donors (Lipinski definition) is 4. The van der Waals surface area contributed by atoms with Crippen molar-refractivity contribution in [3.63, 3.8) is 0 Å². The van der Waals surface area contributed by atoms with Crippen LogP contribution in [0.2, 0.25) is 0 Å². The summed E-state index contributed by atoms with van der Waals surface area (Å²) in [5.41, 5.74) is 8.40. The zero-order valence-corrected chi connectivity index (χ0v) is 12.9. The molecule has 3 rings (SSSR count). The highest BCUT2D eigenvalue weighted by atomic mass is 16.6. The van der Waals surface area contributed by atoms with Crippen LogP contribution in [0.3, 0.4) is 0 Å². The third kappa shape index (κ3) is 2.98. The maximum atomic E-state index is 11.0. The summed E-state index contributed by atoms with van der Waals surface area (Å²) in [5, 5.41) is 53.8. The van der Waals surface area contributed by atoms with Crippen LogP contribution in [0.4, 0.5) is 11.4 Å². The number of nitro groups is 1. The van der Waals surface area contributed by atoms with E-state index in [0.29, 0.717) is 0 Å². The number of rotatable bonds is 5. The number of non-ortho nitro benzene ring substituents is 1. The average Bonchev–Trinajstić information content (AvgIpc) is 3.11. The Labute approximate surface area is 143 Å². The molecule has 26 heavy (non-hydrogen) atoms. The standard InChI is InChI=1S/C12H13N7O7/c13-18-15-12-9(11(22)10(21)6(3-20)25-12)14-4-1-2-5(19(23)24)8-7(4)16-26-17-8/h1-2,6,9-12,14,20-22H,3H2/t6-,9-,10-,11-,12-/m1/s1. The third-order valence-corrected chi connectivity index (χ3v) is 3.98. The van der Waals surface area contributed by atoms with Gasteiger partial charge in [-0.3, -0.25) is 10.1 Å². The minimum absolute atomic E-state index is 0.00450. The molecule has 0 amide bonds. The van der Waals surface area contributed by atoms with Crippen LogP contribution in [0.1, 0.15) is 0 Å². The number of nitrogens with one attached hydrogen (secondary N) is 1. The molecular formula is C12H13N7O7. The van der Waals surface area contributed by atoms with Gasteiger partial charge in [0.2, 0.25) is 5.52 Å². The topological polar surface area (TPSA) is 213 Å². The van der Waals surface area contributed by atoms with Crippen LogP contribution in [-0.2, 0) is 4.74 Å². The van der Waals surface area contributed by atoms with E-state index < -0.39 is 42.1 Å². The lowest BCUT2D eigenvalue weighted by Gasteiger charge is -2.41. The fourth-order valence-electron chi connectivity index (χ4n) is 2.70. The third-order valence-electron chi connectivity index (χ3n) is 3.98. The first-order valence-corrected chi connectivity index (χ1v) is 7.30. The Morgan fingerprint density at radius 1 is 1.35 bits per heavy atom. The van der Waals surface area contributed by atoms with Gasteiger partial charge in [-0.1, -0.05) is 5.11 Å². The Morgan fingerprint density at radius 3 is 2.73 bits per heavy atom. The lowest BCUT2D eigenvalue weighted by molar-refractivity contribution is -0.383. The van der Waals surface area contributed by atoms with Crippen LogP contribution in [-0.4, -0.2) is 67.7 Å². The molecule has 5 atom stereocenters. The molecule has 0 spiro atoms. The summed E-state index contributed by atoms with van der Waals surface area (Å²) in [6.07, 6.45) is -5.38. The van der Waals surface area contributed by atoms with Crippen LogP contribution in [0.15, 0.2) is 21.9 Å². The largest absolute Gasteiger partial charge is 0.394 e. The van der Waals surface area contributed by atoms with Gasteiger partial charge in [-0.25, -0.2) is 4.63 Å². The van der Waals surface area contributed by atoms with Gasteiger partial charge in [-0.05, 0) is 21.9 Å². The highest BCUT2D eigenvalue weighted by molar-refractivity contribution is 5.93. The van der Waals surface area contributed by atoms with E-state index in [0.717, 1.165) is 6.07 Å². The predicted octanol–water partition coefficient (Wildman–Crippen LogP) is -0.339. The Kier molecular flexibility index (Phi) is 4.83. The highest BCUT2D eigenvalue weighted by Gasteiger charge is 2.44. The molecule has 2 aromatic rings. The highest BCUT2D eigenvalue weighted by Crippen LogP contribution is 2.31. The van der Waals surface area contributed by atoms with Gasteiger partial charge in [0.15, 0.2) is 11.7 Å². The summed E-state index contributed by atoms with van der Waals surface area (Å²) < 4.78 is 9.83. The van der Waals surface area contributed by atoms with Gasteiger partial charge in [-0.15, -0.1) is 0 Å². The summed E-state index contributed by atoms with van der Waals surface area (Å²) in [5.74, 6) is 0. The maximum Gasteiger partial charge on any atom is 0.300 e. The van der Waals surface area contributed by atoms with E-state index in [1.807, 2.05) is 0 Å². The van der Waals surface area contributed by atoms with Crippen LogP contribution < -0.4 is 5.32 Å². The second kappa shape index (κ2) is 7.07. The minimum Gasteiger partial charge on any atom is -0.394 e. The number of nitrogens with zero attached hydrogens (tertiary/aromatic N) is 6. The van der Waals surface area contributed by atoms with E-state index in [9.17, 15) is 25.4 Å². The molecule has 4 N–H and O–H groups in total. The predicted molar refractivity (Wildman–Crippen MR) is 82.8 cm³/mol. The van der Waals surface area contributed by atoms with Crippen molar-refractivity contribution in [2.45, 2.75) is 30.6 Å². The number of fused-ring (bicyclic) bond motifs is 1. The van der Waals surface area contributed by atoms with Gasteiger partial charge in [0.1, 0.15) is 18.3 Å². The summed E-state index contributed by atoms with van der Waals surface area (Å²) in [6.45, 7) is -0.600. The molecule has 0 bridgehead atoms. The molecule has 0 unspecified atom stereocenters.